The summed E-state index contributed by atoms with van der Waals surface area (Å²) in [6.07, 6.45) is 1.94. The molecule has 7 heteroatoms. The number of phenols is 2. The maximum atomic E-state index is 12.9. The number of fused-ring (bicyclic) bond motifs is 1. The number of hydrogen-bond acceptors (Lipinski definition) is 4. The van der Waals surface area contributed by atoms with E-state index in [0.29, 0.717) is 30.6 Å². The van der Waals surface area contributed by atoms with Gasteiger partial charge in [-0.25, -0.2) is 0 Å². The zero-order valence-corrected chi connectivity index (χ0v) is 13.5. The molecule has 0 saturated heterocycles. The highest BCUT2D eigenvalue weighted by Gasteiger charge is 2.35. The van der Waals surface area contributed by atoms with E-state index in [1.54, 1.807) is 0 Å². The number of halogens is 3. The van der Waals surface area contributed by atoms with Gasteiger partial charge in [0.05, 0.1) is 4.90 Å². The van der Waals surface area contributed by atoms with Gasteiger partial charge in [-0.05, 0) is 48.7 Å². The lowest BCUT2D eigenvalue weighted by atomic mass is 10.1. The van der Waals surface area contributed by atoms with Gasteiger partial charge >= 0.3 is 5.51 Å². The number of thioether (sulfide) groups is 1. The molecule has 0 unspecified atom stereocenters. The van der Waals surface area contributed by atoms with Gasteiger partial charge < -0.3 is 15.1 Å². The number of alkyl halides is 3. The molecule has 2 aromatic rings. The van der Waals surface area contributed by atoms with Crippen LogP contribution >= 0.6 is 11.8 Å². The average Bonchev–Trinajstić information content (AvgIpc) is 2.74. The first-order chi connectivity index (χ1) is 11.4. The van der Waals surface area contributed by atoms with E-state index in [2.05, 4.69) is 0 Å². The minimum atomic E-state index is -4.54. The molecule has 0 spiro atoms. The number of benzene rings is 2. The van der Waals surface area contributed by atoms with E-state index in [1.807, 2.05) is 35.2 Å². The normalized spacial score (nSPS) is 15.0. The maximum Gasteiger partial charge on any atom is 0.446 e. The Morgan fingerprint density at radius 2 is 1.75 bits per heavy atom. The lowest BCUT2D eigenvalue weighted by Crippen LogP contribution is -2.18. The van der Waals surface area contributed by atoms with Crippen molar-refractivity contribution in [3.63, 3.8) is 0 Å². The molecule has 1 aliphatic rings. The van der Waals surface area contributed by atoms with Gasteiger partial charge in [0.25, 0.3) is 0 Å². The van der Waals surface area contributed by atoms with Gasteiger partial charge in [0.15, 0.2) is 11.5 Å². The molecule has 0 fully saturated rings. The van der Waals surface area contributed by atoms with Crippen LogP contribution in [0.4, 0.5) is 24.5 Å². The third-order valence-corrected chi connectivity index (χ3v) is 4.82. The molecule has 0 radical (unpaired) electrons. The zero-order chi connectivity index (χ0) is 17.3. The van der Waals surface area contributed by atoms with Crippen LogP contribution < -0.4 is 4.90 Å². The Bertz CT molecular complexity index is 735. The van der Waals surface area contributed by atoms with Crippen LogP contribution in [0.25, 0.3) is 0 Å². The monoisotopic (exact) mass is 355 g/mol. The van der Waals surface area contributed by atoms with Crippen LogP contribution in [0, 0.1) is 0 Å². The molecule has 2 aromatic carbocycles. The Morgan fingerprint density at radius 1 is 1.04 bits per heavy atom. The first-order valence-electron chi connectivity index (χ1n) is 7.53. The zero-order valence-electron chi connectivity index (χ0n) is 12.7. The van der Waals surface area contributed by atoms with Crippen LogP contribution in [0.1, 0.15) is 18.4 Å². The lowest BCUT2D eigenvalue weighted by Gasteiger charge is -2.27. The molecular formula is C17H16F3NO2S. The number of para-hydroxylation sites is 1. The first kappa shape index (κ1) is 16.8. The highest BCUT2D eigenvalue weighted by atomic mass is 32.2. The molecule has 0 amide bonds. The fourth-order valence-electron chi connectivity index (χ4n) is 2.94. The van der Waals surface area contributed by atoms with Crippen LogP contribution in [-0.4, -0.2) is 22.3 Å². The van der Waals surface area contributed by atoms with Gasteiger partial charge in [-0.1, -0.05) is 18.2 Å². The fraction of sp³-hybridized carbons (Fsp3) is 0.294. The Labute approximate surface area is 141 Å². The molecule has 0 aliphatic carbocycles. The van der Waals surface area contributed by atoms with E-state index < -0.39 is 17.0 Å². The Balaban J connectivity index is 2.17. The van der Waals surface area contributed by atoms with Crippen molar-refractivity contribution < 1.29 is 23.4 Å². The van der Waals surface area contributed by atoms with Crippen molar-refractivity contribution in [2.75, 3.05) is 11.4 Å². The molecule has 3 rings (SSSR count). The molecule has 3 nitrogen and oxygen atoms in total. The fourth-order valence-corrected chi connectivity index (χ4v) is 3.70. The minimum Gasteiger partial charge on any atom is -0.504 e. The summed E-state index contributed by atoms with van der Waals surface area (Å²) in [5, 5.41) is 19.9. The smallest absolute Gasteiger partial charge is 0.446 e. The van der Waals surface area contributed by atoms with E-state index >= 15 is 0 Å². The second kappa shape index (κ2) is 6.47. The van der Waals surface area contributed by atoms with Crippen molar-refractivity contribution in [2.45, 2.75) is 29.7 Å². The summed E-state index contributed by atoms with van der Waals surface area (Å²) < 4.78 is 38.7. The summed E-state index contributed by atoms with van der Waals surface area (Å²) in [6.45, 7) is 0.636. The highest BCUT2D eigenvalue weighted by Crippen LogP contribution is 2.51. The van der Waals surface area contributed by atoms with Crippen LogP contribution in [-0.2, 0) is 6.42 Å². The van der Waals surface area contributed by atoms with Crippen molar-refractivity contribution in [3.8, 4) is 11.5 Å². The second-order valence-electron chi connectivity index (χ2n) is 5.56. The summed E-state index contributed by atoms with van der Waals surface area (Å²) in [5.41, 5.74) is -2.76. The highest BCUT2D eigenvalue weighted by molar-refractivity contribution is 8.00. The van der Waals surface area contributed by atoms with Gasteiger partial charge in [0, 0.05) is 24.0 Å². The summed E-state index contributed by atoms with van der Waals surface area (Å²) in [6, 6.07) is 10.7. The van der Waals surface area contributed by atoms with Crippen LogP contribution in [0.15, 0.2) is 41.3 Å². The number of hydrogen-bond donors (Lipinski definition) is 2. The van der Waals surface area contributed by atoms with Crippen LogP contribution in [0.5, 0.6) is 11.5 Å². The number of aromatic hydroxyl groups is 2. The molecule has 0 bridgehead atoms. The first-order valence-corrected chi connectivity index (χ1v) is 8.34. The molecule has 128 valence electrons. The molecular weight excluding hydrogens is 339 g/mol. The minimum absolute atomic E-state index is 0.305. The SMILES string of the molecule is Oc1cc2c(c(SC(F)(F)F)c1O)CCCCN2c1ccccc1. The molecule has 1 heterocycles. The summed E-state index contributed by atoms with van der Waals surface area (Å²) in [5.74, 6) is -1.24. The van der Waals surface area contributed by atoms with Gasteiger partial charge in [-0.2, -0.15) is 13.2 Å². The lowest BCUT2D eigenvalue weighted by molar-refractivity contribution is -0.0329. The van der Waals surface area contributed by atoms with Crippen molar-refractivity contribution in [1.82, 2.24) is 0 Å². The van der Waals surface area contributed by atoms with Gasteiger partial charge in [-0.15, -0.1) is 0 Å². The van der Waals surface area contributed by atoms with E-state index in [9.17, 15) is 23.4 Å². The van der Waals surface area contributed by atoms with Gasteiger partial charge in [-0.3, -0.25) is 0 Å². The molecule has 0 atom stereocenters. The van der Waals surface area contributed by atoms with Crippen molar-refractivity contribution >= 4 is 23.1 Å². The number of anilines is 2. The predicted octanol–water partition coefficient (Wildman–Crippen LogP) is 5.18. The average molecular weight is 355 g/mol. The second-order valence-corrected chi connectivity index (χ2v) is 6.64. The molecule has 0 saturated carbocycles. The molecule has 1 aliphatic heterocycles. The van der Waals surface area contributed by atoms with E-state index in [1.165, 1.54) is 6.07 Å². The number of rotatable bonds is 2. The van der Waals surface area contributed by atoms with E-state index in [4.69, 9.17) is 0 Å². The summed E-state index contributed by atoms with van der Waals surface area (Å²) >= 11 is -0.374. The maximum absolute atomic E-state index is 12.9. The molecule has 2 N–H and O–H groups in total. The van der Waals surface area contributed by atoms with E-state index in [-0.39, 0.29) is 16.7 Å². The quantitative estimate of drug-likeness (QED) is 0.575. The van der Waals surface area contributed by atoms with Crippen molar-refractivity contribution in [1.29, 1.82) is 0 Å². The Kier molecular flexibility index (Phi) is 4.54. The Hall–Kier alpha value is -2.02. The van der Waals surface area contributed by atoms with Gasteiger partial charge in [0.1, 0.15) is 0 Å². The van der Waals surface area contributed by atoms with Crippen LogP contribution in [0.3, 0.4) is 0 Å². The number of nitrogens with zero attached hydrogens (tertiary/aromatic N) is 1. The van der Waals surface area contributed by atoms with Gasteiger partial charge in [0.2, 0.25) is 0 Å². The standard InChI is InChI=1S/C17H16F3NO2S/c18-17(19,20)24-16-12-8-4-5-9-21(11-6-2-1-3-7-11)13(12)10-14(22)15(16)23/h1-3,6-7,10,22-23H,4-5,8-9H2. The predicted molar refractivity (Wildman–Crippen MR) is 88.1 cm³/mol. The number of phenolic OH excluding ortho intramolecular Hbond substituents is 2. The Morgan fingerprint density at radius 3 is 2.42 bits per heavy atom. The van der Waals surface area contributed by atoms with Crippen LogP contribution in [0.2, 0.25) is 0 Å². The summed E-state index contributed by atoms with van der Waals surface area (Å²) in [7, 11) is 0. The van der Waals surface area contributed by atoms with Crippen molar-refractivity contribution in [3.05, 3.63) is 42.0 Å². The third-order valence-electron chi connectivity index (χ3n) is 3.95. The van der Waals surface area contributed by atoms with E-state index in [0.717, 1.165) is 12.1 Å². The third kappa shape index (κ3) is 3.40. The largest absolute Gasteiger partial charge is 0.504 e. The van der Waals surface area contributed by atoms with Crippen molar-refractivity contribution in [2.24, 2.45) is 0 Å². The summed E-state index contributed by atoms with van der Waals surface area (Å²) in [4.78, 5) is 1.59. The topological polar surface area (TPSA) is 43.7 Å². The molecule has 24 heavy (non-hydrogen) atoms. The molecule has 0 aromatic heterocycles.